The van der Waals surface area contributed by atoms with E-state index in [9.17, 15) is 0 Å². The highest BCUT2D eigenvalue weighted by atomic mass is 79.9. The number of benzene rings is 1. The Morgan fingerprint density at radius 2 is 1.94 bits per heavy atom. The summed E-state index contributed by atoms with van der Waals surface area (Å²) < 4.78 is 0.765. The molecule has 2 aromatic rings. The van der Waals surface area contributed by atoms with Crippen LogP contribution in [-0.2, 0) is 6.54 Å². The van der Waals surface area contributed by atoms with Crippen LogP contribution in [0.3, 0.4) is 0 Å². The van der Waals surface area contributed by atoms with E-state index < -0.39 is 0 Å². The molecule has 0 fully saturated rings. The number of nitrogens with zero attached hydrogens (tertiary/aromatic N) is 2. The van der Waals surface area contributed by atoms with Crippen molar-refractivity contribution in [2.45, 2.75) is 6.54 Å². The van der Waals surface area contributed by atoms with Gasteiger partial charge in [-0.2, -0.15) is 0 Å². The zero-order chi connectivity index (χ0) is 11.4. The normalized spacial score (nSPS) is 10.1. The third-order valence-electron chi connectivity index (χ3n) is 2.02. The molecule has 0 spiro atoms. The predicted octanol–water partition coefficient (Wildman–Crippen LogP) is 3.50. The van der Waals surface area contributed by atoms with Crippen LogP contribution in [0.1, 0.15) is 5.56 Å². The third-order valence-corrected chi connectivity index (χ3v) is 2.71. The summed E-state index contributed by atoms with van der Waals surface area (Å²) >= 11 is 9.09. The van der Waals surface area contributed by atoms with E-state index in [1.54, 1.807) is 0 Å². The van der Waals surface area contributed by atoms with Gasteiger partial charge < -0.3 is 5.32 Å². The molecule has 1 heterocycles. The van der Waals surface area contributed by atoms with E-state index in [2.05, 4.69) is 31.2 Å². The molecular formula is C11H9BrClN3. The SMILES string of the molecule is Clc1ccc(CNc2cc(Br)ncn2)cc1. The lowest BCUT2D eigenvalue weighted by Gasteiger charge is -2.05. The summed E-state index contributed by atoms with van der Waals surface area (Å²) in [6.45, 7) is 0.709. The zero-order valence-corrected chi connectivity index (χ0v) is 10.7. The molecule has 5 heteroatoms. The minimum Gasteiger partial charge on any atom is -0.366 e. The van der Waals surface area contributed by atoms with E-state index in [1.807, 2.05) is 30.3 Å². The van der Waals surface area contributed by atoms with E-state index in [4.69, 9.17) is 11.6 Å². The highest BCUT2D eigenvalue weighted by Crippen LogP contribution is 2.13. The van der Waals surface area contributed by atoms with Gasteiger partial charge in [-0.25, -0.2) is 9.97 Å². The second-order valence-corrected chi connectivity index (χ2v) is 4.45. The average molecular weight is 299 g/mol. The minimum absolute atomic E-state index is 0.709. The van der Waals surface area contributed by atoms with E-state index >= 15 is 0 Å². The summed E-state index contributed by atoms with van der Waals surface area (Å²) in [6, 6.07) is 9.52. The number of hydrogen-bond donors (Lipinski definition) is 1. The molecule has 2 rings (SSSR count). The summed E-state index contributed by atoms with van der Waals surface area (Å²) in [5.74, 6) is 0.789. The fourth-order valence-corrected chi connectivity index (χ4v) is 1.66. The zero-order valence-electron chi connectivity index (χ0n) is 8.32. The van der Waals surface area contributed by atoms with Crippen molar-refractivity contribution in [1.82, 2.24) is 9.97 Å². The second-order valence-electron chi connectivity index (χ2n) is 3.21. The van der Waals surface area contributed by atoms with Crippen LogP contribution >= 0.6 is 27.5 Å². The van der Waals surface area contributed by atoms with Crippen molar-refractivity contribution in [2.75, 3.05) is 5.32 Å². The highest BCUT2D eigenvalue weighted by Gasteiger charge is 1.96. The highest BCUT2D eigenvalue weighted by molar-refractivity contribution is 9.10. The van der Waals surface area contributed by atoms with Crippen LogP contribution < -0.4 is 5.32 Å². The molecule has 3 nitrogen and oxygen atoms in total. The maximum atomic E-state index is 5.80. The van der Waals surface area contributed by atoms with Gasteiger partial charge in [0.1, 0.15) is 16.7 Å². The molecule has 82 valence electrons. The number of aromatic nitrogens is 2. The lowest BCUT2D eigenvalue weighted by Crippen LogP contribution is -2.01. The Hall–Kier alpha value is -1.13. The standard InChI is InChI=1S/C11H9BrClN3/c12-10-5-11(16-7-15-10)14-6-8-1-3-9(13)4-2-8/h1-5,7H,6H2,(H,14,15,16). The minimum atomic E-state index is 0.709. The second kappa shape index (κ2) is 5.27. The summed E-state index contributed by atoms with van der Waals surface area (Å²) in [6.07, 6.45) is 1.51. The van der Waals surface area contributed by atoms with Crippen LogP contribution in [0.5, 0.6) is 0 Å². The quantitative estimate of drug-likeness (QED) is 0.881. The van der Waals surface area contributed by atoms with Crippen LogP contribution in [-0.4, -0.2) is 9.97 Å². The summed E-state index contributed by atoms with van der Waals surface area (Å²) in [7, 11) is 0. The van der Waals surface area contributed by atoms with Gasteiger partial charge in [0.2, 0.25) is 0 Å². The molecule has 1 aromatic carbocycles. The summed E-state index contributed by atoms with van der Waals surface area (Å²) in [4.78, 5) is 8.05. The van der Waals surface area contributed by atoms with Crippen LogP contribution in [0.2, 0.25) is 5.02 Å². The van der Waals surface area contributed by atoms with Gasteiger partial charge in [-0.05, 0) is 33.6 Å². The molecule has 0 bridgehead atoms. The van der Waals surface area contributed by atoms with Crippen molar-refractivity contribution >= 4 is 33.3 Å². The Morgan fingerprint density at radius 1 is 1.19 bits per heavy atom. The molecule has 0 atom stereocenters. The van der Waals surface area contributed by atoms with E-state index in [-0.39, 0.29) is 0 Å². The van der Waals surface area contributed by atoms with Gasteiger partial charge >= 0.3 is 0 Å². The fraction of sp³-hybridized carbons (Fsp3) is 0.0909. The van der Waals surface area contributed by atoms with Crippen LogP contribution in [0.25, 0.3) is 0 Å². The number of anilines is 1. The molecule has 0 unspecified atom stereocenters. The molecule has 1 N–H and O–H groups in total. The van der Waals surface area contributed by atoms with Gasteiger partial charge in [0.15, 0.2) is 0 Å². The molecule has 0 aliphatic rings. The molecule has 0 saturated carbocycles. The molecule has 0 aliphatic heterocycles. The topological polar surface area (TPSA) is 37.8 Å². The third kappa shape index (κ3) is 3.18. The molecule has 16 heavy (non-hydrogen) atoms. The van der Waals surface area contributed by atoms with Crippen molar-refractivity contribution < 1.29 is 0 Å². The van der Waals surface area contributed by atoms with Crippen molar-refractivity contribution in [3.8, 4) is 0 Å². The molecule has 0 saturated heterocycles. The Balaban J connectivity index is 1.99. The van der Waals surface area contributed by atoms with E-state index in [0.717, 1.165) is 21.0 Å². The maximum absolute atomic E-state index is 5.80. The van der Waals surface area contributed by atoms with Crippen molar-refractivity contribution in [3.63, 3.8) is 0 Å². The van der Waals surface area contributed by atoms with Gasteiger partial charge in [0.05, 0.1) is 0 Å². The Bertz CT molecular complexity index is 473. The number of hydrogen-bond acceptors (Lipinski definition) is 3. The summed E-state index contributed by atoms with van der Waals surface area (Å²) in [5.41, 5.74) is 1.15. The first-order chi connectivity index (χ1) is 7.74. The van der Waals surface area contributed by atoms with Crippen LogP contribution in [0, 0.1) is 0 Å². The Morgan fingerprint density at radius 3 is 2.62 bits per heavy atom. The lowest BCUT2D eigenvalue weighted by molar-refractivity contribution is 1.07. The number of rotatable bonds is 3. The fourth-order valence-electron chi connectivity index (χ4n) is 1.23. The van der Waals surface area contributed by atoms with Crippen molar-refractivity contribution in [2.24, 2.45) is 0 Å². The van der Waals surface area contributed by atoms with Gasteiger partial charge in [-0.1, -0.05) is 23.7 Å². The molecule has 0 radical (unpaired) electrons. The van der Waals surface area contributed by atoms with E-state index in [0.29, 0.717) is 6.54 Å². The Labute approximate surface area is 107 Å². The number of nitrogens with one attached hydrogen (secondary N) is 1. The van der Waals surface area contributed by atoms with Crippen molar-refractivity contribution in [1.29, 1.82) is 0 Å². The van der Waals surface area contributed by atoms with Crippen LogP contribution in [0.15, 0.2) is 41.3 Å². The van der Waals surface area contributed by atoms with Crippen LogP contribution in [0.4, 0.5) is 5.82 Å². The van der Waals surface area contributed by atoms with Gasteiger partial charge in [0, 0.05) is 17.6 Å². The molecular weight excluding hydrogens is 289 g/mol. The van der Waals surface area contributed by atoms with Gasteiger partial charge in [-0.3, -0.25) is 0 Å². The lowest BCUT2D eigenvalue weighted by atomic mass is 10.2. The number of halogens is 2. The smallest absolute Gasteiger partial charge is 0.130 e. The molecule has 1 aromatic heterocycles. The predicted molar refractivity (Wildman–Crippen MR) is 68.5 cm³/mol. The Kier molecular flexibility index (Phi) is 3.74. The monoisotopic (exact) mass is 297 g/mol. The molecule has 0 amide bonds. The van der Waals surface area contributed by atoms with Gasteiger partial charge in [-0.15, -0.1) is 0 Å². The first-order valence-electron chi connectivity index (χ1n) is 4.70. The van der Waals surface area contributed by atoms with Crippen molar-refractivity contribution in [3.05, 3.63) is 51.8 Å². The summed E-state index contributed by atoms with van der Waals surface area (Å²) in [5, 5.41) is 3.94. The van der Waals surface area contributed by atoms with Gasteiger partial charge in [0.25, 0.3) is 0 Å². The largest absolute Gasteiger partial charge is 0.366 e. The maximum Gasteiger partial charge on any atom is 0.130 e. The molecule has 0 aliphatic carbocycles. The average Bonchev–Trinajstić information content (AvgIpc) is 2.28. The van der Waals surface area contributed by atoms with E-state index in [1.165, 1.54) is 6.33 Å². The first kappa shape index (κ1) is 11.4. The first-order valence-corrected chi connectivity index (χ1v) is 5.87.